The summed E-state index contributed by atoms with van der Waals surface area (Å²) in [7, 11) is 0. The summed E-state index contributed by atoms with van der Waals surface area (Å²) in [6, 6.07) is 17.2. The number of amides is 1. The van der Waals surface area contributed by atoms with E-state index >= 15 is 0 Å². The third-order valence-electron chi connectivity index (χ3n) is 5.44. The molecular formula is C23H17BrN4O2. The summed E-state index contributed by atoms with van der Waals surface area (Å²) in [5.74, 6) is 0.0161. The Balaban J connectivity index is 1.52. The third-order valence-corrected chi connectivity index (χ3v) is 6.16. The third kappa shape index (κ3) is 3.31. The monoisotopic (exact) mass is 460 g/mol. The average Bonchev–Trinajstić information content (AvgIpc) is 3.01. The van der Waals surface area contributed by atoms with Crippen LogP contribution < -0.4 is 5.69 Å². The van der Waals surface area contributed by atoms with Crippen molar-refractivity contribution in [3.8, 4) is 0 Å². The Hall–Kier alpha value is -3.32. The van der Waals surface area contributed by atoms with Gasteiger partial charge in [0.2, 0.25) is 0 Å². The van der Waals surface area contributed by atoms with Crippen LogP contribution in [0.15, 0.2) is 76.3 Å². The number of hydrogen-bond donors (Lipinski definition) is 1. The van der Waals surface area contributed by atoms with E-state index in [0.29, 0.717) is 13.0 Å². The molecule has 1 N–H and O–H groups in total. The minimum atomic E-state index is -0.374. The van der Waals surface area contributed by atoms with E-state index in [-0.39, 0.29) is 17.6 Å². The molecule has 2 aromatic heterocycles. The largest absolute Gasteiger partial charge is 0.345 e. The minimum absolute atomic E-state index is 0.0161. The summed E-state index contributed by atoms with van der Waals surface area (Å²) in [4.78, 5) is 37.6. The molecular weight excluding hydrogens is 444 g/mol. The molecule has 0 aliphatic carbocycles. The molecule has 0 saturated carbocycles. The lowest BCUT2D eigenvalue weighted by molar-refractivity contribution is 0.0708. The first-order valence-corrected chi connectivity index (χ1v) is 10.4. The van der Waals surface area contributed by atoms with Crippen LogP contribution in [0.1, 0.15) is 33.2 Å². The highest BCUT2D eigenvalue weighted by atomic mass is 79.9. The summed E-state index contributed by atoms with van der Waals surface area (Å²) in [5.41, 5.74) is 4.00. The van der Waals surface area contributed by atoms with Gasteiger partial charge in [0, 0.05) is 40.8 Å². The first-order chi connectivity index (χ1) is 14.6. The summed E-state index contributed by atoms with van der Waals surface area (Å²) in [6.07, 6.45) is 3.94. The second-order valence-electron chi connectivity index (χ2n) is 7.28. The molecule has 0 saturated heterocycles. The van der Waals surface area contributed by atoms with Crippen LogP contribution in [-0.2, 0) is 13.0 Å². The van der Waals surface area contributed by atoms with Crippen molar-refractivity contribution in [3.63, 3.8) is 0 Å². The molecule has 4 aromatic rings. The van der Waals surface area contributed by atoms with E-state index in [4.69, 9.17) is 0 Å². The smallest absolute Gasteiger partial charge is 0.327 e. The number of fused-ring (bicyclic) bond motifs is 2. The number of nitrogens with one attached hydrogen (secondary N) is 1. The van der Waals surface area contributed by atoms with E-state index in [1.54, 1.807) is 12.4 Å². The van der Waals surface area contributed by atoms with Crippen LogP contribution >= 0.6 is 15.9 Å². The average molecular weight is 461 g/mol. The van der Waals surface area contributed by atoms with Crippen molar-refractivity contribution in [1.29, 1.82) is 0 Å². The maximum Gasteiger partial charge on any atom is 0.345 e. The van der Waals surface area contributed by atoms with Crippen LogP contribution in [0.2, 0.25) is 0 Å². The Morgan fingerprint density at radius 1 is 1.03 bits per heavy atom. The topological polar surface area (TPSA) is 79.0 Å². The minimum Gasteiger partial charge on any atom is -0.327 e. The summed E-state index contributed by atoms with van der Waals surface area (Å²) >= 11 is 3.58. The molecule has 0 spiro atoms. The SMILES string of the molecule is O=C1c2ccccc2C(Cc2ncccc2Br)N1Cc1ccc2[nH]c(=O)ncc2c1. The van der Waals surface area contributed by atoms with E-state index < -0.39 is 0 Å². The number of nitrogens with zero attached hydrogens (tertiary/aromatic N) is 3. The number of carbonyl (C=O) groups excluding carboxylic acids is 1. The first kappa shape index (κ1) is 18.7. The van der Waals surface area contributed by atoms with Gasteiger partial charge in [-0.15, -0.1) is 0 Å². The highest BCUT2D eigenvalue weighted by molar-refractivity contribution is 9.10. The van der Waals surface area contributed by atoms with Crippen molar-refractivity contribution in [3.05, 3.63) is 104 Å². The van der Waals surface area contributed by atoms with Gasteiger partial charge in [-0.25, -0.2) is 9.78 Å². The van der Waals surface area contributed by atoms with Gasteiger partial charge < -0.3 is 9.88 Å². The molecule has 7 heteroatoms. The quantitative estimate of drug-likeness (QED) is 0.498. The lowest BCUT2D eigenvalue weighted by atomic mass is 10.00. The Bertz CT molecular complexity index is 1330. The zero-order chi connectivity index (χ0) is 20.7. The zero-order valence-corrected chi connectivity index (χ0v) is 17.5. The summed E-state index contributed by atoms with van der Waals surface area (Å²) in [6.45, 7) is 0.456. The maximum atomic E-state index is 13.2. The predicted molar refractivity (Wildman–Crippen MR) is 117 cm³/mol. The zero-order valence-electron chi connectivity index (χ0n) is 15.9. The van der Waals surface area contributed by atoms with Crippen LogP contribution in [0.3, 0.4) is 0 Å². The number of rotatable bonds is 4. The summed E-state index contributed by atoms with van der Waals surface area (Å²) < 4.78 is 0.933. The normalized spacial score (nSPS) is 15.6. The van der Waals surface area contributed by atoms with Crippen LogP contribution in [-0.4, -0.2) is 25.8 Å². The second-order valence-corrected chi connectivity index (χ2v) is 8.14. The number of pyridine rings is 1. The van der Waals surface area contributed by atoms with E-state index in [1.807, 2.05) is 59.5 Å². The van der Waals surface area contributed by atoms with Crippen molar-refractivity contribution in [2.75, 3.05) is 0 Å². The van der Waals surface area contributed by atoms with Crippen LogP contribution in [0.4, 0.5) is 0 Å². The van der Waals surface area contributed by atoms with Crippen LogP contribution in [0, 0.1) is 0 Å². The number of hydrogen-bond acceptors (Lipinski definition) is 4. The van der Waals surface area contributed by atoms with Crippen LogP contribution in [0.5, 0.6) is 0 Å². The molecule has 1 amide bonds. The number of aromatic amines is 1. The maximum absolute atomic E-state index is 13.2. The molecule has 1 atom stereocenters. The molecule has 5 rings (SSSR count). The predicted octanol–water partition coefficient (Wildman–Crippen LogP) is 4.02. The van der Waals surface area contributed by atoms with Gasteiger partial charge in [0.1, 0.15) is 0 Å². The van der Waals surface area contributed by atoms with E-state index in [0.717, 1.165) is 37.8 Å². The van der Waals surface area contributed by atoms with Gasteiger partial charge in [0.15, 0.2) is 0 Å². The molecule has 1 aliphatic heterocycles. The van der Waals surface area contributed by atoms with E-state index in [9.17, 15) is 9.59 Å². The molecule has 30 heavy (non-hydrogen) atoms. The fraction of sp³-hybridized carbons (Fsp3) is 0.130. The second kappa shape index (κ2) is 7.50. The molecule has 0 fully saturated rings. The highest BCUT2D eigenvalue weighted by Gasteiger charge is 2.36. The van der Waals surface area contributed by atoms with Gasteiger partial charge >= 0.3 is 5.69 Å². The van der Waals surface area contributed by atoms with Crippen LogP contribution in [0.25, 0.3) is 10.9 Å². The van der Waals surface area contributed by atoms with Gasteiger partial charge in [0.25, 0.3) is 5.91 Å². The lowest BCUT2D eigenvalue weighted by Gasteiger charge is -2.26. The number of benzene rings is 2. The number of halogens is 1. The Kier molecular flexibility index (Phi) is 4.67. The Labute approximate surface area is 180 Å². The number of aromatic nitrogens is 3. The standard InChI is InChI=1S/C23H17BrN4O2/c24-18-6-3-9-25-20(18)11-21-16-4-1-2-5-17(16)22(29)28(21)13-14-7-8-19-15(10-14)12-26-23(30)27-19/h1-10,12,21H,11,13H2,(H,26,27,30). The van der Waals surface area contributed by atoms with Crippen molar-refractivity contribution in [2.24, 2.45) is 0 Å². The summed E-state index contributed by atoms with van der Waals surface area (Å²) in [5, 5.41) is 0.834. The van der Waals surface area contributed by atoms with Gasteiger partial charge in [-0.2, -0.15) is 0 Å². The molecule has 2 aromatic carbocycles. The molecule has 1 unspecified atom stereocenters. The number of H-pyrrole nitrogens is 1. The van der Waals surface area contributed by atoms with E-state index in [2.05, 4.69) is 30.9 Å². The lowest BCUT2D eigenvalue weighted by Crippen LogP contribution is -2.29. The molecule has 0 radical (unpaired) electrons. The Morgan fingerprint density at radius 3 is 2.77 bits per heavy atom. The Morgan fingerprint density at radius 2 is 1.90 bits per heavy atom. The fourth-order valence-corrected chi connectivity index (χ4v) is 4.42. The highest BCUT2D eigenvalue weighted by Crippen LogP contribution is 2.37. The van der Waals surface area contributed by atoms with Crippen molar-refractivity contribution >= 4 is 32.7 Å². The molecule has 0 bridgehead atoms. The van der Waals surface area contributed by atoms with Gasteiger partial charge in [0.05, 0.1) is 17.3 Å². The van der Waals surface area contributed by atoms with Crippen molar-refractivity contribution < 1.29 is 4.79 Å². The fourth-order valence-electron chi connectivity index (χ4n) is 4.00. The van der Waals surface area contributed by atoms with E-state index in [1.165, 1.54) is 0 Å². The molecule has 6 nitrogen and oxygen atoms in total. The first-order valence-electron chi connectivity index (χ1n) is 9.57. The number of carbonyl (C=O) groups is 1. The van der Waals surface area contributed by atoms with Gasteiger partial charge in [-0.05, 0) is 57.4 Å². The molecule has 1 aliphatic rings. The van der Waals surface area contributed by atoms with Crippen molar-refractivity contribution in [2.45, 2.75) is 19.0 Å². The van der Waals surface area contributed by atoms with Crippen molar-refractivity contribution in [1.82, 2.24) is 19.9 Å². The van der Waals surface area contributed by atoms with Gasteiger partial charge in [-0.3, -0.25) is 9.78 Å². The molecule has 3 heterocycles. The molecule has 148 valence electrons. The van der Waals surface area contributed by atoms with Gasteiger partial charge in [-0.1, -0.05) is 24.3 Å².